The molecule has 0 saturated heterocycles. The average molecular weight is 354 g/mol. The van der Waals surface area contributed by atoms with E-state index in [9.17, 15) is 13.2 Å². The fourth-order valence-corrected chi connectivity index (χ4v) is 3.53. The van der Waals surface area contributed by atoms with Crippen LogP contribution in [0.15, 0.2) is 53.4 Å². The Labute approximate surface area is 140 Å². The first-order valence-corrected chi connectivity index (χ1v) is 8.64. The lowest BCUT2D eigenvalue weighted by molar-refractivity contribution is -0.137. The van der Waals surface area contributed by atoms with Gasteiger partial charge in [0.1, 0.15) is 6.54 Å². The van der Waals surface area contributed by atoms with Crippen molar-refractivity contribution in [1.82, 2.24) is 4.31 Å². The van der Waals surface area contributed by atoms with Crippen LogP contribution < -0.4 is 0 Å². The third-order valence-electron chi connectivity index (χ3n) is 3.24. The molecule has 0 unspecified atom stereocenters. The van der Waals surface area contributed by atoms with Crippen molar-refractivity contribution >= 4 is 27.6 Å². The second-order valence-corrected chi connectivity index (χ2v) is 7.48. The highest BCUT2D eigenvalue weighted by Gasteiger charge is 2.26. The Kier molecular flexibility index (Phi) is 5.41. The molecule has 2 rings (SSSR count). The molecule has 0 spiro atoms. The Hall–Kier alpha value is -1.89. The van der Waals surface area contributed by atoms with Crippen molar-refractivity contribution in [3.8, 4) is 0 Å². The Morgan fingerprint density at radius 3 is 2.17 bits per heavy atom. The number of aliphatic carboxylic acids is 1. The molecule has 0 aliphatic rings. The Balaban J connectivity index is 2.34. The molecule has 7 heteroatoms. The molecule has 1 N–H and O–H groups in total. The molecule has 23 heavy (non-hydrogen) atoms. The first-order chi connectivity index (χ1) is 10.8. The molecule has 0 bridgehead atoms. The molecule has 2 aromatic carbocycles. The summed E-state index contributed by atoms with van der Waals surface area (Å²) in [5, 5.41) is 9.56. The summed E-state index contributed by atoms with van der Waals surface area (Å²) >= 11 is 5.81. The lowest BCUT2D eigenvalue weighted by Crippen LogP contribution is -2.35. The maximum Gasteiger partial charge on any atom is 0.318 e. The molecule has 2 aromatic rings. The van der Waals surface area contributed by atoms with E-state index in [-0.39, 0.29) is 11.4 Å². The highest BCUT2D eigenvalue weighted by Crippen LogP contribution is 2.19. The summed E-state index contributed by atoms with van der Waals surface area (Å²) in [5.74, 6) is -1.21. The van der Waals surface area contributed by atoms with Crippen molar-refractivity contribution in [3.63, 3.8) is 0 Å². The molecule has 0 fully saturated rings. The molecule has 0 radical (unpaired) electrons. The zero-order valence-electron chi connectivity index (χ0n) is 12.4. The minimum absolute atomic E-state index is 0.0420. The molecule has 0 saturated carbocycles. The van der Waals surface area contributed by atoms with E-state index >= 15 is 0 Å². The van der Waals surface area contributed by atoms with Crippen molar-refractivity contribution in [1.29, 1.82) is 0 Å². The summed E-state index contributed by atoms with van der Waals surface area (Å²) in [7, 11) is -3.90. The molecule has 0 heterocycles. The van der Waals surface area contributed by atoms with E-state index in [1.54, 1.807) is 36.4 Å². The van der Waals surface area contributed by atoms with Crippen LogP contribution in [0.2, 0.25) is 5.02 Å². The smallest absolute Gasteiger partial charge is 0.318 e. The predicted octanol–water partition coefficient (Wildman–Crippen LogP) is 2.92. The molecule has 0 amide bonds. The average Bonchev–Trinajstić information content (AvgIpc) is 2.49. The highest BCUT2D eigenvalue weighted by atomic mass is 35.5. The summed E-state index contributed by atoms with van der Waals surface area (Å²) in [6.45, 7) is 1.19. The number of sulfonamides is 1. The van der Waals surface area contributed by atoms with Gasteiger partial charge in [0.25, 0.3) is 0 Å². The standard InChI is InChI=1S/C16H16ClNO4S/c1-12-2-8-15(9-3-12)23(21,22)18(11-16(19)20)10-13-4-6-14(17)7-5-13/h2-9H,10-11H2,1H3,(H,19,20). The number of hydrogen-bond donors (Lipinski definition) is 1. The lowest BCUT2D eigenvalue weighted by atomic mass is 10.2. The van der Waals surface area contributed by atoms with Crippen molar-refractivity contribution in [2.24, 2.45) is 0 Å². The van der Waals surface area contributed by atoms with Crippen molar-refractivity contribution < 1.29 is 18.3 Å². The van der Waals surface area contributed by atoms with Crippen LogP contribution in [0, 0.1) is 6.92 Å². The van der Waals surface area contributed by atoms with Gasteiger partial charge in [-0.25, -0.2) is 8.42 Å². The van der Waals surface area contributed by atoms with E-state index in [4.69, 9.17) is 16.7 Å². The number of carboxylic acids is 1. The molecule has 0 aromatic heterocycles. The van der Waals surface area contributed by atoms with Gasteiger partial charge in [0.15, 0.2) is 0 Å². The van der Waals surface area contributed by atoms with Gasteiger partial charge >= 0.3 is 5.97 Å². The normalized spacial score (nSPS) is 11.6. The van der Waals surface area contributed by atoms with Gasteiger partial charge in [-0.2, -0.15) is 4.31 Å². The fourth-order valence-electron chi connectivity index (χ4n) is 2.03. The SMILES string of the molecule is Cc1ccc(S(=O)(=O)N(CC(=O)O)Cc2ccc(Cl)cc2)cc1. The van der Waals surface area contributed by atoms with E-state index in [1.807, 2.05) is 6.92 Å². The van der Waals surface area contributed by atoms with Crippen LogP contribution in [-0.4, -0.2) is 30.3 Å². The number of carbonyl (C=O) groups is 1. The van der Waals surface area contributed by atoms with Crippen LogP contribution in [-0.2, 0) is 21.4 Å². The van der Waals surface area contributed by atoms with Crippen LogP contribution >= 0.6 is 11.6 Å². The quantitative estimate of drug-likeness (QED) is 0.866. The summed E-state index contributed by atoms with van der Waals surface area (Å²) in [6.07, 6.45) is 0. The van der Waals surface area contributed by atoms with Gasteiger partial charge in [-0.1, -0.05) is 41.4 Å². The van der Waals surface area contributed by atoms with Crippen LogP contribution in [0.5, 0.6) is 0 Å². The molecule has 0 aliphatic carbocycles. The van der Waals surface area contributed by atoms with Crippen molar-refractivity contribution in [3.05, 3.63) is 64.7 Å². The predicted molar refractivity (Wildman–Crippen MR) is 87.9 cm³/mol. The van der Waals surface area contributed by atoms with Gasteiger partial charge in [-0.15, -0.1) is 0 Å². The van der Waals surface area contributed by atoms with Crippen LogP contribution in [0.1, 0.15) is 11.1 Å². The van der Waals surface area contributed by atoms with Gasteiger partial charge in [-0.3, -0.25) is 4.79 Å². The molecular formula is C16H16ClNO4S. The first kappa shape index (κ1) is 17.5. The summed E-state index contributed by atoms with van der Waals surface area (Å²) in [6, 6.07) is 12.9. The second kappa shape index (κ2) is 7.12. The van der Waals surface area contributed by atoms with Gasteiger partial charge in [-0.05, 0) is 36.8 Å². The number of benzene rings is 2. The van der Waals surface area contributed by atoms with Gasteiger partial charge < -0.3 is 5.11 Å². The number of carboxylic acid groups (broad SMARTS) is 1. The lowest BCUT2D eigenvalue weighted by Gasteiger charge is -2.20. The van der Waals surface area contributed by atoms with E-state index in [0.717, 1.165) is 9.87 Å². The monoisotopic (exact) mass is 353 g/mol. The second-order valence-electron chi connectivity index (χ2n) is 5.11. The van der Waals surface area contributed by atoms with E-state index < -0.39 is 22.5 Å². The number of halogens is 1. The zero-order valence-corrected chi connectivity index (χ0v) is 14.0. The number of nitrogens with zero attached hydrogens (tertiary/aromatic N) is 1. The summed E-state index contributed by atoms with van der Waals surface area (Å²) < 4.78 is 26.3. The molecule has 5 nitrogen and oxygen atoms in total. The Bertz CT molecular complexity index is 786. The molecule has 0 aliphatic heterocycles. The van der Waals surface area contributed by atoms with Crippen molar-refractivity contribution in [2.75, 3.05) is 6.54 Å². The van der Waals surface area contributed by atoms with Crippen LogP contribution in [0.25, 0.3) is 0 Å². The van der Waals surface area contributed by atoms with Crippen molar-refractivity contribution in [2.45, 2.75) is 18.4 Å². The fraction of sp³-hybridized carbons (Fsp3) is 0.188. The van der Waals surface area contributed by atoms with Gasteiger partial charge in [0.2, 0.25) is 10.0 Å². The van der Waals surface area contributed by atoms with E-state index in [0.29, 0.717) is 10.6 Å². The third kappa shape index (κ3) is 4.54. The number of hydrogen-bond acceptors (Lipinski definition) is 3. The van der Waals surface area contributed by atoms with E-state index in [1.165, 1.54) is 12.1 Å². The van der Waals surface area contributed by atoms with Gasteiger partial charge in [0.05, 0.1) is 4.90 Å². The molecule has 122 valence electrons. The zero-order chi connectivity index (χ0) is 17.0. The summed E-state index contributed by atoms with van der Waals surface area (Å²) in [5.41, 5.74) is 1.58. The minimum atomic E-state index is -3.90. The Morgan fingerprint density at radius 2 is 1.65 bits per heavy atom. The number of aryl methyl sites for hydroxylation is 1. The van der Waals surface area contributed by atoms with Crippen LogP contribution in [0.4, 0.5) is 0 Å². The maximum atomic E-state index is 12.7. The first-order valence-electron chi connectivity index (χ1n) is 6.82. The van der Waals surface area contributed by atoms with Gasteiger partial charge in [0, 0.05) is 11.6 Å². The Morgan fingerprint density at radius 1 is 1.09 bits per heavy atom. The topological polar surface area (TPSA) is 74.7 Å². The highest BCUT2D eigenvalue weighted by molar-refractivity contribution is 7.89. The van der Waals surface area contributed by atoms with Crippen LogP contribution in [0.3, 0.4) is 0 Å². The molecule has 0 atom stereocenters. The molecular weight excluding hydrogens is 338 g/mol. The third-order valence-corrected chi connectivity index (χ3v) is 5.30. The summed E-state index contributed by atoms with van der Waals surface area (Å²) in [4.78, 5) is 11.1. The largest absolute Gasteiger partial charge is 0.480 e. The van der Waals surface area contributed by atoms with E-state index in [2.05, 4.69) is 0 Å². The number of rotatable bonds is 6. The maximum absolute atomic E-state index is 12.7. The minimum Gasteiger partial charge on any atom is -0.480 e.